The fourth-order valence-corrected chi connectivity index (χ4v) is 3.78. The zero-order valence-corrected chi connectivity index (χ0v) is 10.9. The van der Waals surface area contributed by atoms with Gasteiger partial charge in [-0.15, -0.1) is 11.3 Å². The smallest absolute Gasteiger partial charge is 0.192 e. The Kier molecular flexibility index (Phi) is 2.82. The quantitative estimate of drug-likeness (QED) is 0.875. The number of hydrogen-bond donors (Lipinski definition) is 1. The summed E-state index contributed by atoms with van der Waals surface area (Å²) in [6, 6.07) is 4.30. The minimum absolute atomic E-state index is 0.242. The molecule has 1 saturated carbocycles. The number of hydrogen-bond acceptors (Lipinski definition) is 4. The van der Waals surface area contributed by atoms with Crippen LogP contribution in [0.5, 0.6) is 0 Å². The van der Waals surface area contributed by atoms with Crippen LogP contribution in [0.4, 0.5) is 0 Å². The second-order valence-electron chi connectivity index (χ2n) is 5.12. The van der Waals surface area contributed by atoms with Crippen LogP contribution in [0.2, 0.25) is 0 Å². The maximum Gasteiger partial charge on any atom is 0.192 e. The predicted octanol–water partition coefficient (Wildman–Crippen LogP) is 2.58. The molecule has 92 valence electrons. The summed E-state index contributed by atoms with van der Waals surface area (Å²) in [6.45, 7) is 1.84. The number of thiophene rings is 1. The summed E-state index contributed by atoms with van der Waals surface area (Å²) < 4.78 is 0. The molecule has 3 nitrogen and oxygen atoms in total. The first-order valence-corrected chi connectivity index (χ1v) is 7.28. The molecule has 1 aliphatic carbocycles. The van der Waals surface area contributed by atoms with E-state index in [2.05, 4.69) is 27.4 Å². The molecule has 2 aliphatic rings. The second-order valence-corrected chi connectivity index (χ2v) is 6.16. The van der Waals surface area contributed by atoms with Crippen molar-refractivity contribution in [3.8, 4) is 0 Å². The van der Waals surface area contributed by atoms with Crippen LogP contribution in [-0.2, 0) is 6.54 Å². The monoisotopic (exact) mass is 249 g/mol. The van der Waals surface area contributed by atoms with E-state index < -0.39 is 0 Å². The Bertz CT molecular complexity index is 404. The van der Waals surface area contributed by atoms with Gasteiger partial charge in [0, 0.05) is 4.88 Å². The molecule has 1 aliphatic heterocycles. The zero-order valence-electron chi connectivity index (χ0n) is 10.1. The van der Waals surface area contributed by atoms with Crippen molar-refractivity contribution in [2.24, 2.45) is 10.7 Å². The molecule has 1 fully saturated rings. The van der Waals surface area contributed by atoms with Crippen molar-refractivity contribution in [3.05, 3.63) is 22.4 Å². The van der Waals surface area contributed by atoms with Crippen LogP contribution in [-0.4, -0.2) is 22.9 Å². The van der Waals surface area contributed by atoms with Crippen molar-refractivity contribution in [1.29, 1.82) is 0 Å². The molecule has 0 saturated heterocycles. The van der Waals surface area contributed by atoms with Gasteiger partial charge in [0.2, 0.25) is 0 Å². The normalized spacial score (nSPS) is 23.1. The average Bonchev–Trinajstić information content (AvgIpc) is 2.95. The summed E-state index contributed by atoms with van der Waals surface area (Å²) in [7, 11) is 0. The Morgan fingerprint density at radius 1 is 1.35 bits per heavy atom. The first-order valence-electron chi connectivity index (χ1n) is 6.40. The molecule has 2 heterocycles. The molecule has 1 spiro atoms. The number of aliphatic imine (C=N–C) groups is 1. The van der Waals surface area contributed by atoms with Crippen LogP contribution in [0.3, 0.4) is 0 Å². The van der Waals surface area contributed by atoms with E-state index in [0.717, 1.165) is 19.0 Å². The van der Waals surface area contributed by atoms with E-state index in [4.69, 9.17) is 5.73 Å². The fraction of sp³-hybridized carbons (Fsp3) is 0.615. The average molecular weight is 249 g/mol. The van der Waals surface area contributed by atoms with Gasteiger partial charge in [0.05, 0.1) is 18.6 Å². The molecule has 1 aromatic heterocycles. The van der Waals surface area contributed by atoms with Gasteiger partial charge < -0.3 is 10.6 Å². The Morgan fingerprint density at radius 3 is 2.88 bits per heavy atom. The highest BCUT2D eigenvalue weighted by Gasteiger charge is 2.42. The first-order chi connectivity index (χ1) is 8.30. The van der Waals surface area contributed by atoms with E-state index in [0.29, 0.717) is 0 Å². The molecule has 0 amide bonds. The third-order valence-corrected chi connectivity index (χ3v) is 4.92. The zero-order chi connectivity index (χ0) is 11.7. The van der Waals surface area contributed by atoms with Crippen LogP contribution in [0.15, 0.2) is 22.5 Å². The Hall–Kier alpha value is -1.03. The van der Waals surface area contributed by atoms with Crippen molar-refractivity contribution in [2.75, 3.05) is 6.54 Å². The molecule has 3 rings (SSSR count). The lowest BCUT2D eigenvalue weighted by Crippen LogP contribution is -2.51. The highest BCUT2D eigenvalue weighted by Crippen LogP contribution is 2.38. The maximum absolute atomic E-state index is 6.08. The fourth-order valence-electron chi connectivity index (χ4n) is 3.09. The minimum atomic E-state index is 0.242. The number of nitrogens with zero attached hydrogens (tertiary/aromatic N) is 2. The maximum atomic E-state index is 6.08. The van der Waals surface area contributed by atoms with Crippen molar-refractivity contribution < 1.29 is 0 Å². The molecule has 1 aromatic rings. The third-order valence-electron chi connectivity index (χ3n) is 4.06. The molecule has 4 heteroatoms. The topological polar surface area (TPSA) is 41.6 Å². The lowest BCUT2D eigenvalue weighted by molar-refractivity contribution is 0.137. The molecule has 0 aromatic carbocycles. The summed E-state index contributed by atoms with van der Waals surface area (Å²) in [5.41, 5.74) is 6.32. The predicted molar refractivity (Wildman–Crippen MR) is 72.2 cm³/mol. The highest BCUT2D eigenvalue weighted by atomic mass is 32.1. The van der Waals surface area contributed by atoms with Gasteiger partial charge in [-0.3, -0.25) is 4.99 Å². The molecule has 0 radical (unpaired) electrons. The van der Waals surface area contributed by atoms with Crippen LogP contribution in [0, 0.1) is 0 Å². The number of rotatable bonds is 2. The summed E-state index contributed by atoms with van der Waals surface area (Å²) in [6.07, 6.45) is 6.52. The van der Waals surface area contributed by atoms with Gasteiger partial charge >= 0.3 is 0 Å². The van der Waals surface area contributed by atoms with E-state index >= 15 is 0 Å². The standard InChI is InChI=1S/C13H19N3S/c14-12-15-10-13(6-2-1-3-7-13)16(12)9-11-5-4-8-17-11/h4-5,8H,1-3,6-7,9-10H2,(H2,14,15). The van der Waals surface area contributed by atoms with Gasteiger partial charge in [0.15, 0.2) is 5.96 Å². The summed E-state index contributed by atoms with van der Waals surface area (Å²) in [5.74, 6) is 0.750. The van der Waals surface area contributed by atoms with E-state index in [1.807, 2.05) is 0 Å². The lowest BCUT2D eigenvalue weighted by Gasteiger charge is -2.42. The molecule has 0 atom stereocenters. The van der Waals surface area contributed by atoms with Gasteiger partial charge in [-0.2, -0.15) is 0 Å². The summed E-state index contributed by atoms with van der Waals surface area (Å²) in [4.78, 5) is 8.24. The van der Waals surface area contributed by atoms with Crippen LogP contribution in [0.25, 0.3) is 0 Å². The summed E-state index contributed by atoms with van der Waals surface area (Å²) >= 11 is 1.81. The largest absolute Gasteiger partial charge is 0.370 e. The van der Waals surface area contributed by atoms with Crippen molar-refractivity contribution in [1.82, 2.24) is 4.90 Å². The van der Waals surface area contributed by atoms with Crippen molar-refractivity contribution in [3.63, 3.8) is 0 Å². The van der Waals surface area contributed by atoms with E-state index in [9.17, 15) is 0 Å². The van der Waals surface area contributed by atoms with Gasteiger partial charge in [-0.1, -0.05) is 25.3 Å². The first kappa shape index (κ1) is 11.1. The molecule has 2 N–H and O–H groups in total. The molecule has 17 heavy (non-hydrogen) atoms. The molecule has 0 bridgehead atoms. The third kappa shape index (κ3) is 1.95. The second kappa shape index (κ2) is 4.33. The van der Waals surface area contributed by atoms with Gasteiger partial charge in [-0.05, 0) is 24.3 Å². The highest BCUT2D eigenvalue weighted by molar-refractivity contribution is 7.09. The molecule has 0 unspecified atom stereocenters. The Labute approximate surface area is 106 Å². The SMILES string of the molecule is NC1=NCC2(CCCCC2)N1Cc1cccs1. The van der Waals surface area contributed by atoms with Gasteiger partial charge in [0.25, 0.3) is 0 Å². The van der Waals surface area contributed by atoms with E-state index in [-0.39, 0.29) is 5.54 Å². The lowest BCUT2D eigenvalue weighted by atomic mass is 9.81. The minimum Gasteiger partial charge on any atom is -0.370 e. The van der Waals surface area contributed by atoms with Crippen LogP contribution < -0.4 is 5.73 Å². The number of nitrogens with two attached hydrogens (primary N) is 1. The number of guanidine groups is 1. The van der Waals surface area contributed by atoms with E-state index in [1.54, 1.807) is 11.3 Å². The van der Waals surface area contributed by atoms with Crippen LogP contribution in [0.1, 0.15) is 37.0 Å². The summed E-state index contributed by atoms with van der Waals surface area (Å²) in [5, 5.41) is 2.13. The molecular formula is C13H19N3S. The van der Waals surface area contributed by atoms with Crippen molar-refractivity contribution in [2.45, 2.75) is 44.2 Å². The van der Waals surface area contributed by atoms with Gasteiger partial charge in [0.1, 0.15) is 0 Å². The van der Waals surface area contributed by atoms with Crippen LogP contribution >= 0.6 is 11.3 Å². The van der Waals surface area contributed by atoms with Gasteiger partial charge in [-0.25, -0.2) is 0 Å². The van der Waals surface area contributed by atoms with E-state index in [1.165, 1.54) is 37.0 Å². The van der Waals surface area contributed by atoms with Crippen molar-refractivity contribution >= 4 is 17.3 Å². The Morgan fingerprint density at radius 2 is 2.18 bits per heavy atom. The Balaban J connectivity index is 1.81. The molecular weight excluding hydrogens is 230 g/mol.